The van der Waals surface area contributed by atoms with Gasteiger partial charge in [-0.25, -0.2) is 0 Å². The van der Waals surface area contributed by atoms with Crippen LogP contribution in [0.25, 0.3) is 22.0 Å². The third-order valence-electron chi connectivity index (χ3n) is 5.65. The quantitative estimate of drug-likeness (QED) is 0.189. The number of unbranched alkanes of at least 4 members (excludes halogenated alkanes) is 1. The number of hydrogen-bond acceptors (Lipinski definition) is 8. The average molecular weight is 535 g/mol. The van der Waals surface area contributed by atoms with E-state index in [2.05, 4.69) is 25.4 Å². The first kappa shape index (κ1) is 27.4. The standard InChI is InChI=1S/C26H29F3N4O5/c27-26(28,29)38-22-10-18(3-5-34)9-19(11-22)14-30-4-1-2-6-35-7-8-36-25-13-20(21-15-32-37-17-21)12-24-23(25)16-31-33-24/h9-13,15-17,30,34H,1-8,14H2,(H,31,33). The lowest BCUT2D eigenvalue weighted by Gasteiger charge is -2.13. The zero-order chi connectivity index (χ0) is 26.8. The molecule has 2 aromatic carbocycles. The molecule has 0 unspecified atom stereocenters. The smallest absolute Gasteiger partial charge is 0.490 e. The number of H-pyrrole nitrogens is 1. The molecule has 0 radical (unpaired) electrons. The van der Waals surface area contributed by atoms with E-state index >= 15 is 0 Å². The summed E-state index contributed by atoms with van der Waals surface area (Å²) in [5.74, 6) is 0.404. The minimum absolute atomic E-state index is 0.156. The van der Waals surface area contributed by atoms with Crippen molar-refractivity contribution in [2.75, 3.05) is 33.0 Å². The number of halogens is 3. The fraction of sp³-hybridized carbons (Fsp3) is 0.385. The summed E-state index contributed by atoms with van der Waals surface area (Å²) in [6.07, 6.45) is 2.04. The van der Waals surface area contributed by atoms with Gasteiger partial charge in [-0.1, -0.05) is 11.2 Å². The zero-order valence-corrected chi connectivity index (χ0v) is 20.6. The van der Waals surface area contributed by atoms with Gasteiger partial charge in [0.2, 0.25) is 0 Å². The highest BCUT2D eigenvalue weighted by molar-refractivity contribution is 5.89. The van der Waals surface area contributed by atoms with Crippen molar-refractivity contribution in [1.82, 2.24) is 20.7 Å². The summed E-state index contributed by atoms with van der Waals surface area (Å²) in [6.45, 7) is 2.26. The maximum Gasteiger partial charge on any atom is 0.573 e. The molecule has 0 spiro atoms. The van der Waals surface area contributed by atoms with Gasteiger partial charge in [0.15, 0.2) is 0 Å². The molecular formula is C26H29F3N4O5. The van der Waals surface area contributed by atoms with Gasteiger partial charge in [-0.2, -0.15) is 5.10 Å². The molecule has 0 atom stereocenters. The number of aromatic nitrogens is 3. The van der Waals surface area contributed by atoms with Crippen LogP contribution in [0.1, 0.15) is 24.0 Å². The van der Waals surface area contributed by atoms with Crippen LogP contribution in [0, 0.1) is 0 Å². The Hall–Kier alpha value is -3.61. The van der Waals surface area contributed by atoms with Gasteiger partial charge in [-0.05, 0) is 66.8 Å². The van der Waals surface area contributed by atoms with Crippen molar-refractivity contribution in [1.29, 1.82) is 0 Å². The Labute approximate surface area is 216 Å². The molecule has 0 saturated heterocycles. The van der Waals surface area contributed by atoms with Gasteiger partial charge < -0.3 is 29.2 Å². The normalized spacial score (nSPS) is 11.8. The Balaban J connectivity index is 1.13. The van der Waals surface area contributed by atoms with Gasteiger partial charge in [0.25, 0.3) is 0 Å². The molecule has 0 fully saturated rings. The van der Waals surface area contributed by atoms with E-state index in [9.17, 15) is 13.2 Å². The number of aromatic amines is 1. The lowest BCUT2D eigenvalue weighted by molar-refractivity contribution is -0.274. The van der Waals surface area contributed by atoms with Crippen LogP contribution in [-0.2, 0) is 17.7 Å². The van der Waals surface area contributed by atoms with Gasteiger partial charge in [-0.3, -0.25) is 5.10 Å². The van der Waals surface area contributed by atoms with Crippen LogP contribution >= 0.6 is 0 Å². The number of aliphatic hydroxyl groups is 1. The third-order valence-corrected chi connectivity index (χ3v) is 5.65. The monoisotopic (exact) mass is 534 g/mol. The van der Waals surface area contributed by atoms with Gasteiger partial charge in [0.1, 0.15) is 24.4 Å². The Morgan fingerprint density at radius 1 is 0.974 bits per heavy atom. The van der Waals surface area contributed by atoms with Crippen LogP contribution in [-0.4, -0.2) is 59.8 Å². The number of alkyl halides is 3. The summed E-state index contributed by atoms with van der Waals surface area (Å²) in [4.78, 5) is 0. The van der Waals surface area contributed by atoms with E-state index < -0.39 is 6.36 Å². The topological polar surface area (TPSA) is 115 Å². The molecule has 3 N–H and O–H groups in total. The number of benzene rings is 2. The summed E-state index contributed by atoms with van der Waals surface area (Å²) >= 11 is 0. The molecule has 4 aromatic rings. The molecule has 0 aliphatic carbocycles. The first-order valence-corrected chi connectivity index (χ1v) is 12.2. The van der Waals surface area contributed by atoms with Crippen LogP contribution in [0.4, 0.5) is 13.2 Å². The molecular weight excluding hydrogens is 505 g/mol. The van der Waals surface area contributed by atoms with E-state index in [0.29, 0.717) is 49.8 Å². The number of aliphatic hydroxyl groups excluding tert-OH is 1. The first-order chi connectivity index (χ1) is 18.4. The highest BCUT2D eigenvalue weighted by atomic mass is 19.4. The van der Waals surface area contributed by atoms with Crippen molar-refractivity contribution in [2.24, 2.45) is 0 Å². The average Bonchev–Trinajstić information content (AvgIpc) is 3.56. The number of nitrogens with one attached hydrogen (secondary N) is 2. The van der Waals surface area contributed by atoms with Gasteiger partial charge >= 0.3 is 6.36 Å². The van der Waals surface area contributed by atoms with Crippen molar-refractivity contribution in [3.05, 3.63) is 60.1 Å². The summed E-state index contributed by atoms with van der Waals surface area (Å²) in [6, 6.07) is 8.26. The molecule has 9 nitrogen and oxygen atoms in total. The Morgan fingerprint density at radius 2 is 1.84 bits per heavy atom. The van der Waals surface area contributed by atoms with Gasteiger partial charge in [0, 0.05) is 25.3 Å². The largest absolute Gasteiger partial charge is 0.573 e. The molecule has 38 heavy (non-hydrogen) atoms. The Morgan fingerprint density at radius 3 is 2.63 bits per heavy atom. The van der Waals surface area contributed by atoms with E-state index in [0.717, 1.165) is 34.9 Å². The van der Waals surface area contributed by atoms with Crippen LogP contribution < -0.4 is 14.8 Å². The van der Waals surface area contributed by atoms with Crippen LogP contribution in [0.5, 0.6) is 11.5 Å². The minimum Gasteiger partial charge on any atom is -0.490 e. The molecule has 204 valence electrons. The number of fused-ring (bicyclic) bond motifs is 1. The summed E-state index contributed by atoms with van der Waals surface area (Å²) in [5.41, 5.74) is 3.82. The lowest BCUT2D eigenvalue weighted by Crippen LogP contribution is -2.18. The predicted octanol–water partition coefficient (Wildman–Crippen LogP) is 4.62. The maximum atomic E-state index is 12.6. The molecule has 0 saturated carbocycles. The second-order valence-corrected chi connectivity index (χ2v) is 8.57. The summed E-state index contributed by atoms with van der Waals surface area (Å²) in [7, 11) is 0. The second kappa shape index (κ2) is 13.3. The summed E-state index contributed by atoms with van der Waals surface area (Å²) in [5, 5.41) is 24.0. The van der Waals surface area contributed by atoms with Crippen molar-refractivity contribution in [3.8, 4) is 22.6 Å². The van der Waals surface area contributed by atoms with Crippen LogP contribution in [0.2, 0.25) is 0 Å². The highest BCUT2D eigenvalue weighted by Crippen LogP contribution is 2.31. The van der Waals surface area contributed by atoms with E-state index in [1.807, 2.05) is 12.1 Å². The molecule has 2 aromatic heterocycles. The zero-order valence-electron chi connectivity index (χ0n) is 20.6. The fourth-order valence-electron chi connectivity index (χ4n) is 3.95. The molecule has 0 bridgehead atoms. The molecule has 0 aliphatic heterocycles. The Kier molecular flexibility index (Phi) is 9.57. The van der Waals surface area contributed by atoms with E-state index in [1.54, 1.807) is 24.7 Å². The second-order valence-electron chi connectivity index (χ2n) is 8.57. The van der Waals surface area contributed by atoms with Crippen LogP contribution in [0.3, 0.4) is 0 Å². The van der Waals surface area contributed by atoms with Crippen molar-refractivity contribution < 1.29 is 37.0 Å². The van der Waals surface area contributed by atoms with E-state index in [4.69, 9.17) is 19.1 Å². The number of ether oxygens (including phenoxy) is 3. The lowest BCUT2D eigenvalue weighted by atomic mass is 10.1. The molecule has 4 rings (SSSR count). The molecule has 0 amide bonds. The minimum atomic E-state index is -4.76. The van der Waals surface area contributed by atoms with Crippen molar-refractivity contribution in [3.63, 3.8) is 0 Å². The van der Waals surface area contributed by atoms with E-state index in [-0.39, 0.29) is 18.8 Å². The Bertz CT molecular complexity index is 1280. The van der Waals surface area contributed by atoms with E-state index in [1.165, 1.54) is 12.1 Å². The SMILES string of the molecule is OCCc1cc(CNCCCCOCCOc2cc(-c3cnoc3)cc3[nH]ncc23)cc(OC(F)(F)F)c1. The van der Waals surface area contributed by atoms with Crippen molar-refractivity contribution >= 4 is 10.9 Å². The number of rotatable bonds is 15. The first-order valence-electron chi connectivity index (χ1n) is 12.2. The van der Waals surface area contributed by atoms with Gasteiger partial charge in [0.05, 0.1) is 29.9 Å². The van der Waals surface area contributed by atoms with Crippen LogP contribution in [0.15, 0.2) is 53.5 Å². The maximum absolute atomic E-state index is 12.6. The summed E-state index contributed by atoms with van der Waals surface area (Å²) < 4.78 is 58.3. The molecule has 2 heterocycles. The highest BCUT2D eigenvalue weighted by Gasteiger charge is 2.31. The molecule has 12 heteroatoms. The van der Waals surface area contributed by atoms with Crippen molar-refractivity contribution in [2.45, 2.75) is 32.2 Å². The number of hydrogen-bond donors (Lipinski definition) is 3. The third kappa shape index (κ3) is 8.20. The fourth-order valence-corrected chi connectivity index (χ4v) is 3.95. The molecule has 0 aliphatic rings. The number of nitrogens with zero attached hydrogens (tertiary/aromatic N) is 2. The predicted molar refractivity (Wildman–Crippen MR) is 133 cm³/mol. The van der Waals surface area contributed by atoms with Gasteiger partial charge in [-0.15, -0.1) is 13.2 Å².